The maximum absolute atomic E-state index is 11.5. The van der Waals surface area contributed by atoms with E-state index in [0.717, 1.165) is 5.69 Å². The molecule has 5 heteroatoms. The number of nitrogens with one attached hydrogen (secondary N) is 1. The van der Waals surface area contributed by atoms with E-state index in [2.05, 4.69) is 10.3 Å². The van der Waals surface area contributed by atoms with Crippen LogP contribution in [0.1, 0.15) is 26.0 Å². The van der Waals surface area contributed by atoms with Crippen molar-refractivity contribution in [2.75, 3.05) is 0 Å². The molecular formula is C13H17N3O2. The summed E-state index contributed by atoms with van der Waals surface area (Å²) < 4.78 is 1.74. The molecule has 2 rings (SSSR count). The van der Waals surface area contributed by atoms with Crippen LogP contribution < -0.4 is 5.32 Å². The van der Waals surface area contributed by atoms with Gasteiger partial charge in [0.25, 0.3) is 0 Å². The minimum atomic E-state index is 0.0197. The second kappa shape index (κ2) is 5.08. The molecule has 0 unspecified atom stereocenters. The number of nitrogens with zero attached hydrogens (tertiary/aromatic N) is 2. The molecule has 0 fully saturated rings. The summed E-state index contributed by atoms with van der Waals surface area (Å²) in [7, 11) is 0. The van der Waals surface area contributed by atoms with Crippen molar-refractivity contribution in [2.24, 2.45) is 5.92 Å². The normalized spacial score (nSPS) is 11.1. The second-order valence-electron chi connectivity index (χ2n) is 4.73. The Bertz CT molecular complexity index is 560. The summed E-state index contributed by atoms with van der Waals surface area (Å²) in [5.41, 5.74) is 1.24. The molecule has 5 nitrogen and oxygen atoms in total. The molecule has 0 saturated heterocycles. The van der Waals surface area contributed by atoms with Crippen molar-refractivity contribution in [2.45, 2.75) is 26.8 Å². The number of aromatic hydroxyl groups is 1. The Kier molecular flexibility index (Phi) is 3.50. The molecule has 0 spiro atoms. The van der Waals surface area contributed by atoms with E-state index < -0.39 is 0 Å². The highest BCUT2D eigenvalue weighted by Gasteiger charge is 2.08. The van der Waals surface area contributed by atoms with Crippen molar-refractivity contribution in [3.63, 3.8) is 0 Å². The van der Waals surface area contributed by atoms with Gasteiger partial charge in [0, 0.05) is 18.8 Å². The molecule has 0 aliphatic heterocycles. The lowest BCUT2D eigenvalue weighted by Crippen LogP contribution is -2.24. The van der Waals surface area contributed by atoms with E-state index in [0.29, 0.717) is 24.5 Å². The van der Waals surface area contributed by atoms with Gasteiger partial charge in [-0.2, -0.15) is 0 Å². The molecule has 0 aliphatic carbocycles. The van der Waals surface area contributed by atoms with E-state index in [1.165, 1.54) is 0 Å². The van der Waals surface area contributed by atoms with E-state index in [1.807, 2.05) is 20.0 Å². The van der Waals surface area contributed by atoms with Crippen molar-refractivity contribution < 1.29 is 9.90 Å². The Morgan fingerprint density at radius 3 is 3.00 bits per heavy atom. The summed E-state index contributed by atoms with van der Waals surface area (Å²) in [4.78, 5) is 15.8. The fourth-order valence-electron chi connectivity index (χ4n) is 1.77. The summed E-state index contributed by atoms with van der Waals surface area (Å²) >= 11 is 0. The number of carbonyl (C=O) groups excluding carboxylic acids is 1. The Labute approximate surface area is 105 Å². The van der Waals surface area contributed by atoms with Crippen LogP contribution in [0.25, 0.3) is 5.65 Å². The molecule has 0 saturated carbocycles. The number of hydrogen-bond acceptors (Lipinski definition) is 3. The Balaban J connectivity index is 2.04. The summed E-state index contributed by atoms with van der Waals surface area (Å²) in [6.45, 7) is 4.39. The molecular weight excluding hydrogens is 230 g/mol. The highest BCUT2D eigenvalue weighted by Crippen LogP contribution is 2.16. The van der Waals surface area contributed by atoms with Gasteiger partial charge < -0.3 is 14.8 Å². The van der Waals surface area contributed by atoms with E-state index >= 15 is 0 Å². The predicted molar refractivity (Wildman–Crippen MR) is 68.2 cm³/mol. The number of carbonyl (C=O) groups is 1. The van der Waals surface area contributed by atoms with Crippen molar-refractivity contribution in [3.8, 4) is 5.75 Å². The van der Waals surface area contributed by atoms with Crippen molar-refractivity contribution in [1.82, 2.24) is 14.7 Å². The van der Waals surface area contributed by atoms with Gasteiger partial charge in [0.15, 0.2) is 11.4 Å². The minimum Gasteiger partial charge on any atom is -0.504 e. The third kappa shape index (κ3) is 2.80. The van der Waals surface area contributed by atoms with Gasteiger partial charge in [0.1, 0.15) is 0 Å². The third-order valence-corrected chi connectivity index (χ3v) is 2.57. The van der Waals surface area contributed by atoms with E-state index in [1.54, 1.807) is 22.7 Å². The SMILES string of the molecule is CC(C)CC(=O)NCc1cn2cccc(O)c2n1. The topological polar surface area (TPSA) is 66.6 Å². The van der Waals surface area contributed by atoms with Gasteiger partial charge in [-0.3, -0.25) is 4.79 Å². The van der Waals surface area contributed by atoms with Crippen LogP contribution in [0.3, 0.4) is 0 Å². The number of fused-ring (bicyclic) bond motifs is 1. The molecule has 2 aromatic rings. The molecule has 2 heterocycles. The van der Waals surface area contributed by atoms with Crippen LogP contribution in [0.15, 0.2) is 24.5 Å². The molecule has 96 valence electrons. The summed E-state index contributed by atoms with van der Waals surface area (Å²) in [6, 6.07) is 3.33. The zero-order chi connectivity index (χ0) is 13.1. The van der Waals surface area contributed by atoms with Crippen LogP contribution in [0, 0.1) is 5.92 Å². The van der Waals surface area contributed by atoms with Crippen molar-refractivity contribution in [3.05, 3.63) is 30.2 Å². The molecule has 1 amide bonds. The lowest BCUT2D eigenvalue weighted by molar-refractivity contribution is -0.121. The average molecular weight is 247 g/mol. The number of hydrogen-bond donors (Lipinski definition) is 2. The smallest absolute Gasteiger partial charge is 0.220 e. The van der Waals surface area contributed by atoms with Crippen LogP contribution in [-0.4, -0.2) is 20.4 Å². The van der Waals surface area contributed by atoms with Crippen molar-refractivity contribution >= 4 is 11.6 Å². The fourth-order valence-corrected chi connectivity index (χ4v) is 1.77. The average Bonchev–Trinajstić information content (AvgIpc) is 2.70. The number of amides is 1. The first kappa shape index (κ1) is 12.4. The highest BCUT2D eigenvalue weighted by molar-refractivity contribution is 5.76. The van der Waals surface area contributed by atoms with Gasteiger partial charge in [-0.15, -0.1) is 0 Å². The molecule has 18 heavy (non-hydrogen) atoms. The van der Waals surface area contributed by atoms with Gasteiger partial charge >= 0.3 is 0 Å². The van der Waals surface area contributed by atoms with Crippen LogP contribution in [0.2, 0.25) is 0 Å². The van der Waals surface area contributed by atoms with Crippen molar-refractivity contribution in [1.29, 1.82) is 0 Å². The molecule has 2 aromatic heterocycles. The number of pyridine rings is 1. The van der Waals surface area contributed by atoms with E-state index in [9.17, 15) is 9.90 Å². The molecule has 0 radical (unpaired) electrons. The van der Waals surface area contributed by atoms with E-state index in [-0.39, 0.29) is 11.7 Å². The zero-order valence-corrected chi connectivity index (χ0v) is 10.6. The summed E-state index contributed by atoms with van der Waals surface area (Å²) in [5, 5.41) is 12.4. The van der Waals surface area contributed by atoms with Crippen LogP contribution in [0.4, 0.5) is 0 Å². The van der Waals surface area contributed by atoms with Gasteiger partial charge in [0.2, 0.25) is 5.91 Å². The van der Waals surface area contributed by atoms with Crippen LogP contribution >= 0.6 is 0 Å². The van der Waals surface area contributed by atoms with Gasteiger partial charge in [-0.1, -0.05) is 13.8 Å². The standard InChI is InChI=1S/C13H17N3O2/c1-9(2)6-12(18)14-7-10-8-16-5-3-4-11(17)13(16)15-10/h3-5,8-9,17H,6-7H2,1-2H3,(H,14,18). The molecule has 0 atom stereocenters. The maximum atomic E-state index is 11.5. The number of imidazole rings is 1. The summed E-state index contributed by atoms with van der Waals surface area (Å²) in [5.74, 6) is 0.499. The predicted octanol–water partition coefficient (Wildman–Crippen LogP) is 1.70. The lowest BCUT2D eigenvalue weighted by Gasteiger charge is -2.04. The first-order valence-corrected chi connectivity index (χ1v) is 5.98. The number of rotatable bonds is 4. The first-order valence-electron chi connectivity index (χ1n) is 5.98. The Morgan fingerprint density at radius 2 is 2.33 bits per heavy atom. The van der Waals surface area contributed by atoms with Gasteiger partial charge in [0.05, 0.1) is 12.2 Å². The third-order valence-electron chi connectivity index (χ3n) is 2.57. The van der Waals surface area contributed by atoms with Crippen LogP contribution in [-0.2, 0) is 11.3 Å². The van der Waals surface area contributed by atoms with E-state index in [4.69, 9.17) is 0 Å². The number of aromatic nitrogens is 2. The maximum Gasteiger partial charge on any atom is 0.220 e. The molecule has 0 aromatic carbocycles. The molecule has 2 N–H and O–H groups in total. The lowest BCUT2D eigenvalue weighted by atomic mass is 10.1. The highest BCUT2D eigenvalue weighted by atomic mass is 16.3. The van der Waals surface area contributed by atoms with Crippen LogP contribution in [0.5, 0.6) is 5.75 Å². The Hall–Kier alpha value is -2.04. The summed E-state index contributed by atoms with van der Waals surface area (Å²) in [6.07, 6.45) is 4.12. The quantitative estimate of drug-likeness (QED) is 0.864. The monoisotopic (exact) mass is 247 g/mol. The Morgan fingerprint density at radius 1 is 1.56 bits per heavy atom. The molecule has 0 bridgehead atoms. The van der Waals surface area contributed by atoms with Gasteiger partial charge in [-0.25, -0.2) is 4.98 Å². The van der Waals surface area contributed by atoms with Gasteiger partial charge in [-0.05, 0) is 18.1 Å². The largest absolute Gasteiger partial charge is 0.504 e. The zero-order valence-electron chi connectivity index (χ0n) is 10.6. The molecule has 0 aliphatic rings. The fraction of sp³-hybridized carbons (Fsp3) is 0.385. The second-order valence-corrected chi connectivity index (χ2v) is 4.73. The first-order chi connectivity index (χ1) is 8.56. The minimum absolute atomic E-state index is 0.0197.